The summed E-state index contributed by atoms with van der Waals surface area (Å²) in [7, 11) is 1.70. The number of nitrogen functional groups attached to an aromatic ring is 1. The van der Waals surface area contributed by atoms with E-state index < -0.39 is 0 Å². The van der Waals surface area contributed by atoms with Crippen molar-refractivity contribution in [3.63, 3.8) is 0 Å². The van der Waals surface area contributed by atoms with Crippen LogP contribution in [-0.2, 0) is 13.1 Å². The van der Waals surface area contributed by atoms with Crippen LogP contribution in [0.4, 0.5) is 5.69 Å². The highest BCUT2D eigenvalue weighted by molar-refractivity contribution is 5.39. The largest absolute Gasteiger partial charge is 0.496 e. The van der Waals surface area contributed by atoms with E-state index in [9.17, 15) is 0 Å². The van der Waals surface area contributed by atoms with E-state index in [1.54, 1.807) is 7.11 Å². The lowest BCUT2D eigenvalue weighted by molar-refractivity contribution is 0.411. The summed E-state index contributed by atoms with van der Waals surface area (Å²) in [5.74, 6) is 0.933. The van der Waals surface area contributed by atoms with E-state index in [1.165, 1.54) is 11.1 Å². The first-order valence-corrected chi connectivity index (χ1v) is 6.37. The number of aryl methyl sites for hydroxylation is 1. The number of rotatable bonds is 5. The molecule has 0 aliphatic heterocycles. The molecule has 0 saturated heterocycles. The predicted molar refractivity (Wildman–Crippen MR) is 79.1 cm³/mol. The average molecular weight is 256 g/mol. The lowest BCUT2D eigenvalue weighted by Crippen LogP contribution is -2.12. The van der Waals surface area contributed by atoms with Crippen LogP contribution in [0.5, 0.6) is 5.75 Å². The molecule has 2 aromatic rings. The zero-order valence-electron chi connectivity index (χ0n) is 11.4. The maximum atomic E-state index is 5.66. The summed E-state index contributed by atoms with van der Waals surface area (Å²) in [4.78, 5) is 0. The molecule has 0 fully saturated rings. The standard InChI is InChI=1S/C16H20N2O/c1-12-9-14(5-8-16(12)19-2)11-18-10-13-3-6-15(17)7-4-13/h3-9,18H,10-11,17H2,1-2H3. The Balaban J connectivity index is 1.88. The second kappa shape index (κ2) is 6.25. The van der Waals surface area contributed by atoms with Crippen molar-refractivity contribution < 1.29 is 4.74 Å². The fourth-order valence-electron chi connectivity index (χ4n) is 2.04. The van der Waals surface area contributed by atoms with E-state index in [-0.39, 0.29) is 0 Å². The molecule has 3 heteroatoms. The third-order valence-corrected chi connectivity index (χ3v) is 3.10. The van der Waals surface area contributed by atoms with Crippen molar-refractivity contribution >= 4 is 5.69 Å². The highest BCUT2D eigenvalue weighted by atomic mass is 16.5. The van der Waals surface area contributed by atoms with Crippen LogP contribution >= 0.6 is 0 Å². The van der Waals surface area contributed by atoms with E-state index in [0.717, 1.165) is 30.1 Å². The summed E-state index contributed by atoms with van der Waals surface area (Å²) in [5, 5.41) is 3.42. The van der Waals surface area contributed by atoms with E-state index >= 15 is 0 Å². The molecule has 100 valence electrons. The predicted octanol–water partition coefficient (Wildman–Crippen LogP) is 2.88. The third-order valence-electron chi connectivity index (χ3n) is 3.10. The zero-order chi connectivity index (χ0) is 13.7. The first-order chi connectivity index (χ1) is 9.19. The quantitative estimate of drug-likeness (QED) is 0.809. The van der Waals surface area contributed by atoms with Crippen molar-refractivity contribution in [3.8, 4) is 5.75 Å². The Kier molecular flexibility index (Phi) is 4.42. The van der Waals surface area contributed by atoms with Gasteiger partial charge in [-0.25, -0.2) is 0 Å². The number of nitrogens with two attached hydrogens (primary N) is 1. The number of benzene rings is 2. The number of methoxy groups -OCH3 is 1. The molecule has 0 aliphatic carbocycles. The molecule has 2 rings (SSSR count). The summed E-state index contributed by atoms with van der Waals surface area (Å²) < 4.78 is 5.25. The minimum atomic E-state index is 0.800. The number of anilines is 1. The normalized spacial score (nSPS) is 10.4. The van der Waals surface area contributed by atoms with Crippen LogP contribution in [-0.4, -0.2) is 7.11 Å². The summed E-state index contributed by atoms with van der Waals surface area (Å²) in [5.41, 5.74) is 10.1. The number of nitrogens with one attached hydrogen (secondary N) is 1. The smallest absolute Gasteiger partial charge is 0.121 e. The monoisotopic (exact) mass is 256 g/mol. The highest BCUT2D eigenvalue weighted by Crippen LogP contribution is 2.18. The van der Waals surface area contributed by atoms with Gasteiger partial charge in [-0.15, -0.1) is 0 Å². The van der Waals surface area contributed by atoms with Crippen LogP contribution in [0.15, 0.2) is 42.5 Å². The molecule has 3 N–H and O–H groups in total. The topological polar surface area (TPSA) is 47.3 Å². The molecule has 2 aromatic carbocycles. The molecule has 0 atom stereocenters. The summed E-state index contributed by atoms with van der Waals surface area (Å²) in [6.45, 7) is 3.74. The third kappa shape index (κ3) is 3.73. The molecule has 0 aliphatic rings. The highest BCUT2D eigenvalue weighted by Gasteiger charge is 2.00. The van der Waals surface area contributed by atoms with Crippen molar-refractivity contribution in [2.45, 2.75) is 20.0 Å². The Morgan fingerprint density at radius 3 is 2.26 bits per heavy atom. The molecule has 0 spiro atoms. The van der Waals surface area contributed by atoms with Gasteiger partial charge in [-0.1, -0.05) is 24.3 Å². The Morgan fingerprint density at radius 2 is 1.63 bits per heavy atom. The van der Waals surface area contributed by atoms with E-state index in [0.29, 0.717) is 0 Å². The summed E-state index contributed by atoms with van der Waals surface area (Å²) in [6.07, 6.45) is 0. The van der Waals surface area contributed by atoms with Crippen LogP contribution < -0.4 is 15.8 Å². The van der Waals surface area contributed by atoms with Crippen LogP contribution in [0.3, 0.4) is 0 Å². The molecule has 0 aromatic heterocycles. The fourth-order valence-corrected chi connectivity index (χ4v) is 2.04. The molecule has 0 heterocycles. The minimum absolute atomic E-state index is 0.800. The van der Waals surface area contributed by atoms with Gasteiger partial charge in [0.1, 0.15) is 5.75 Å². The lowest BCUT2D eigenvalue weighted by atomic mass is 10.1. The molecule has 0 saturated carbocycles. The van der Waals surface area contributed by atoms with Gasteiger partial charge in [0, 0.05) is 18.8 Å². The van der Waals surface area contributed by atoms with Gasteiger partial charge in [0.2, 0.25) is 0 Å². The summed E-state index contributed by atoms with van der Waals surface area (Å²) >= 11 is 0. The zero-order valence-corrected chi connectivity index (χ0v) is 11.4. The molecular formula is C16H20N2O. The van der Waals surface area contributed by atoms with Gasteiger partial charge in [-0.3, -0.25) is 0 Å². The molecule has 0 radical (unpaired) electrons. The average Bonchev–Trinajstić information content (AvgIpc) is 2.41. The van der Waals surface area contributed by atoms with Crippen molar-refractivity contribution in [1.82, 2.24) is 5.32 Å². The Hall–Kier alpha value is -2.00. The van der Waals surface area contributed by atoms with Crippen LogP contribution in [0, 0.1) is 6.92 Å². The van der Waals surface area contributed by atoms with Crippen molar-refractivity contribution in [2.24, 2.45) is 0 Å². The minimum Gasteiger partial charge on any atom is -0.496 e. The van der Waals surface area contributed by atoms with E-state index in [1.807, 2.05) is 30.3 Å². The second-order valence-electron chi connectivity index (χ2n) is 4.65. The lowest BCUT2D eigenvalue weighted by Gasteiger charge is -2.09. The molecule has 0 bridgehead atoms. The van der Waals surface area contributed by atoms with Crippen molar-refractivity contribution in [3.05, 3.63) is 59.2 Å². The number of hydrogen-bond donors (Lipinski definition) is 2. The Labute approximate surface area is 114 Å². The number of ether oxygens (including phenoxy) is 1. The maximum Gasteiger partial charge on any atom is 0.121 e. The van der Waals surface area contributed by atoms with Gasteiger partial charge < -0.3 is 15.8 Å². The van der Waals surface area contributed by atoms with E-state index in [4.69, 9.17) is 10.5 Å². The SMILES string of the molecule is COc1ccc(CNCc2ccc(N)cc2)cc1C. The maximum absolute atomic E-state index is 5.66. The van der Waals surface area contributed by atoms with Gasteiger partial charge in [0.25, 0.3) is 0 Å². The fraction of sp³-hybridized carbons (Fsp3) is 0.250. The Morgan fingerprint density at radius 1 is 1.00 bits per heavy atom. The van der Waals surface area contributed by atoms with E-state index in [2.05, 4.69) is 24.4 Å². The first kappa shape index (κ1) is 13.4. The molecular weight excluding hydrogens is 236 g/mol. The van der Waals surface area contributed by atoms with Crippen molar-refractivity contribution in [2.75, 3.05) is 12.8 Å². The Bertz CT molecular complexity index is 535. The van der Waals surface area contributed by atoms with Gasteiger partial charge in [0.05, 0.1) is 7.11 Å². The molecule has 0 amide bonds. The molecule has 0 unspecified atom stereocenters. The van der Waals surface area contributed by atoms with Crippen LogP contribution in [0.2, 0.25) is 0 Å². The molecule has 19 heavy (non-hydrogen) atoms. The van der Waals surface area contributed by atoms with Gasteiger partial charge in [0.15, 0.2) is 0 Å². The van der Waals surface area contributed by atoms with Gasteiger partial charge in [-0.2, -0.15) is 0 Å². The van der Waals surface area contributed by atoms with Crippen LogP contribution in [0.25, 0.3) is 0 Å². The molecule has 3 nitrogen and oxygen atoms in total. The second-order valence-corrected chi connectivity index (χ2v) is 4.65. The van der Waals surface area contributed by atoms with Gasteiger partial charge in [-0.05, 0) is 41.8 Å². The van der Waals surface area contributed by atoms with Gasteiger partial charge >= 0.3 is 0 Å². The van der Waals surface area contributed by atoms with Crippen LogP contribution in [0.1, 0.15) is 16.7 Å². The number of hydrogen-bond acceptors (Lipinski definition) is 3. The first-order valence-electron chi connectivity index (χ1n) is 6.37. The van der Waals surface area contributed by atoms with Crippen molar-refractivity contribution in [1.29, 1.82) is 0 Å². The summed E-state index contributed by atoms with van der Waals surface area (Å²) in [6, 6.07) is 14.2.